The molecule has 10 heteroatoms. The quantitative estimate of drug-likeness (QED) is 0.612. The smallest absolute Gasteiger partial charge is 0.344 e. The molecule has 9 nitrogen and oxygen atoms in total. The van der Waals surface area contributed by atoms with Crippen molar-refractivity contribution < 1.29 is 23.4 Å². The van der Waals surface area contributed by atoms with Crippen molar-refractivity contribution in [3.63, 3.8) is 0 Å². The summed E-state index contributed by atoms with van der Waals surface area (Å²) in [6.45, 7) is 2.50. The Morgan fingerprint density at radius 1 is 1.43 bits per heavy atom. The molecule has 0 atom stereocenters. The van der Waals surface area contributed by atoms with Crippen molar-refractivity contribution >= 4 is 17.6 Å². The summed E-state index contributed by atoms with van der Waals surface area (Å²) in [4.78, 5) is 15.8. The molecule has 0 saturated heterocycles. The molecule has 0 amide bonds. The van der Waals surface area contributed by atoms with E-state index in [0.717, 1.165) is 5.56 Å². The Balaban J connectivity index is 1.53. The van der Waals surface area contributed by atoms with Crippen LogP contribution in [0.3, 0.4) is 0 Å². The Kier molecular flexibility index (Phi) is 4.92. The van der Waals surface area contributed by atoms with Crippen LogP contribution in [0.15, 0.2) is 24.7 Å². The number of carbonyl (C=O) groups excluding carboxylic acids is 1. The van der Waals surface area contributed by atoms with E-state index in [-0.39, 0.29) is 31.3 Å². The second kappa shape index (κ2) is 7.67. The van der Waals surface area contributed by atoms with Crippen LogP contribution in [0, 0.1) is 5.82 Å². The van der Waals surface area contributed by atoms with Gasteiger partial charge in [0.2, 0.25) is 11.6 Å². The molecule has 0 saturated carbocycles. The molecule has 0 spiro atoms. The van der Waals surface area contributed by atoms with E-state index in [9.17, 15) is 9.18 Å². The minimum absolute atomic E-state index is 0.224. The highest BCUT2D eigenvalue weighted by Gasteiger charge is 2.20. The van der Waals surface area contributed by atoms with Crippen molar-refractivity contribution in [1.29, 1.82) is 0 Å². The molecule has 0 aliphatic carbocycles. The molecule has 28 heavy (non-hydrogen) atoms. The van der Waals surface area contributed by atoms with Gasteiger partial charge in [-0.25, -0.2) is 18.6 Å². The normalized spacial score (nSPS) is 12.5. The highest BCUT2D eigenvalue weighted by Crippen LogP contribution is 2.30. The summed E-state index contributed by atoms with van der Waals surface area (Å²) in [5.74, 6) is 0.628. The van der Waals surface area contributed by atoms with Crippen LogP contribution in [0.5, 0.6) is 11.5 Å². The van der Waals surface area contributed by atoms with Crippen molar-refractivity contribution in [2.24, 2.45) is 0 Å². The first kappa shape index (κ1) is 18.0. The Bertz CT molecular complexity index is 1020. The summed E-state index contributed by atoms with van der Waals surface area (Å²) in [6, 6.07) is 3.04. The minimum Gasteiger partial charge on any atom is -0.493 e. The number of hydrogen-bond donors (Lipinski definition) is 1. The first-order valence-electron chi connectivity index (χ1n) is 8.81. The Morgan fingerprint density at radius 2 is 2.32 bits per heavy atom. The maximum Gasteiger partial charge on any atom is 0.344 e. The van der Waals surface area contributed by atoms with Crippen molar-refractivity contribution in [3.8, 4) is 11.5 Å². The van der Waals surface area contributed by atoms with Crippen molar-refractivity contribution in [2.45, 2.75) is 19.9 Å². The van der Waals surface area contributed by atoms with Gasteiger partial charge in [-0.2, -0.15) is 0 Å². The van der Waals surface area contributed by atoms with Gasteiger partial charge in [-0.05, 0) is 19.1 Å². The predicted molar refractivity (Wildman–Crippen MR) is 95.8 cm³/mol. The van der Waals surface area contributed by atoms with Crippen molar-refractivity contribution in [3.05, 3.63) is 41.6 Å². The van der Waals surface area contributed by atoms with Crippen LogP contribution < -0.4 is 14.8 Å². The lowest BCUT2D eigenvalue weighted by Gasteiger charge is -2.12. The summed E-state index contributed by atoms with van der Waals surface area (Å²) in [5, 5.41) is 11.0. The average molecular weight is 387 g/mol. The molecular weight excluding hydrogens is 369 g/mol. The zero-order valence-electron chi connectivity index (χ0n) is 15.1. The summed E-state index contributed by atoms with van der Waals surface area (Å²) < 4.78 is 31.6. The summed E-state index contributed by atoms with van der Waals surface area (Å²) in [7, 11) is 0. The number of aromatic nitrogens is 4. The molecule has 0 bridgehead atoms. The van der Waals surface area contributed by atoms with Gasteiger partial charge in [0.15, 0.2) is 12.4 Å². The Labute approximate surface area is 159 Å². The lowest BCUT2D eigenvalue weighted by atomic mass is 10.0. The molecule has 0 fully saturated rings. The van der Waals surface area contributed by atoms with Crippen LogP contribution in [0.1, 0.15) is 18.1 Å². The molecule has 1 aliphatic heterocycles. The number of fused-ring (bicyclic) bond motifs is 2. The standard InChI is InChI=1S/C18H18FN5O4/c1-2-26-16(25)9-28-15-8-21-18(24-10-22-23-17(15)24)20-7-12-11-5-6-27-14(11)4-3-13(12)19/h3-4,8,10H,2,5-7,9H2,1H3,(H,20,21). The lowest BCUT2D eigenvalue weighted by molar-refractivity contribution is -0.145. The maximum atomic E-state index is 14.3. The van der Waals surface area contributed by atoms with Gasteiger partial charge in [-0.3, -0.25) is 0 Å². The zero-order chi connectivity index (χ0) is 19.5. The van der Waals surface area contributed by atoms with Gasteiger partial charge < -0.3 is 19.5 Å². The van der Waals surface area contributed by atoms with E-state index < -0.39 is 5.97 Å². The van der Waals surface area contributed by atoms with Gasteiger partial charge >= 0.3 is 5.97 Å². The van der Waals surface area contributed by atoms with Crippen molar-refractivity contribution in [2.75, 3.05) is 25.1 Å². The number of nitrogens with zero attached hydrogens (tertiary/aromatic N) is 4. The second-order valence-electron chi connectivity index (χ2n) is 6.02. The third-order valence-electron chi connectivity index (χ3n) is 4.32. The van der Waals surface area contributed by atoms with E-state index in [2.05, 4.69) is 20.5 Å². The van der Waals surface area contributed by atoms with E-state index in [1.807, 2.05) is 0 Å². The molecule has 3 aromatic rings. The number of anilines is 1. The lowest BCUT2D eigenvalue weighted by Crippen LogP contribution is -2.15. The summed E-state index contributed by atoms with van der Waals surface area (Å²) in [5.41, 5.74) is 1.78. The highest BCUT2D eigenvalue weighted by molar-refractivity contribution is 5.71. The van der Waals surface area contributed by atoms with Gasteiger partial charge in [0.1, 0.15) is 17.9 Å². The number of halogens is 1. The Morgan fingerprint density at radius 3 is 3.18 bits per heavy atom. The number of carbonyl (C=O) groups is 1. The van der Waals surface area contributed by atoms with Crippen LogP contribution in [0.4, 0.5) is 10.3 Å². The van der Waals surface area contributed by atoms with Crippen LogP contribution in [-0.4, -0.2) is 45.4 Å². The fourth-order valence-corrected chi connectivity index (χ4v) is 3.04. The van der Waals surface area contributed by atoms with Gasteiger partial charge in [-0.15, -0.1) is 10.2 Å². The fourth-order valence-electron chi connectivity index (χ4n) is 3.04. The van der Waals surface area contributed by atoms with Crippen LogP contribution in [0.2, 0.25) is 0 Å². The van der Waals surface area contributed by atoms with E-state index >= 15 is 0 Å². The minimum atomic E-state index is -0.488. The van der Waals surface area contributed by atoms with Crippen LogP contribution in [-0.2, 0) is 22.5 Å². The highest BCUT2D eigenvalue weighted by atomic mass is 19.1. The Hall–Kier alpha value is -3.43. The molecule has 4 rings (SSSR count). The third kappa shape index (κ3) is 3.40. The average Bonchev–Trinajstić information content (AvgIpc) is 3.36. The second-order valence-corrected chi connectivity index (χ2v) is 6.02. The molecule has 1 aliphatic rings. The largest absolute Gasteiger partial charge is 0.493 e. The van der Waals surface area contributed by atoms with Gasteiger partial charge in [-0.1, -0.05) is 0 Å². The SMILES string of the molecule is CCOC(=O)COc1cnc(NCc2c(F)ccc3c2CCO3)n2cnnc12. The third-order valence-corrected chi connectivity index (χ3v) is 4.32. The monoisotopic (exact) mass is 387 g/mol. The predicted octanol–water partition coefficient (Wildman–Crippen LogP) is 1.75. The van der Waals surface area contributed by atoms with Gasteiger partial charge in [0.25, 0.3) is 0 Å². The summed E-state index contributed by atoms with van der Waals surface area (Å²) >= 11 is 0. The van der Waals surface area contributed by atoms with Gasteiger partial charge in [0, 0.05) is 24.1 Å². The fraction of sp³-hybridized carbons (Fsp3) is 0.333. The topological polar surface area (TPSA) is 99.9 Å². The zero-order valence-corrected chi connectivity index (χ0v) is 15.1. The molecule has 0 unspecified atom stereocenters. The molecule has 3 heterocycles. The number of rotatable bonds is 7. The summed E-state index contributed by atoms with van der Waals surface area (Å²) in [6.07, 6.45) is 3.55. The van der Waals surface area contributed by atoms with E-state index in [1.165, 1.54) is 18.6 Å². The first-order valence-corrected chi connectivity index (χ1v) is 8.81. The number of benzene rings is 1. The number of nitrogens with one attached hydrogen (secondary N) is 1. The molecule has 1 N–H and O–H groups in total. The number of hydrogen-bond acceptors (Lipinski definition) is 8. The first-order chi connectivity index (χ1) is 13.7. The number of esters is 1. The van der Waals surface area contributed by atoms with Crippen LogP contribution >= 0.6 is 0 Å². The van der Waals surface area contributed by atoms with Crippen LogP contribution in [0.25, 0.3) is 5.65 Å². The molecule has 1 aromatic carbocycles. The molecule has 146 valence electrons. The molecule has 0 radical (unpaired) electrons. The van der Waals surface area contributed by atoms with Gasteiger partial charge in [0.05, 0.1) is 19.4 Å². The van der Waals surface area contributed by atoms with E-state index in [0.29, 0.717) is 35.9 Å². The van der Waals surface area contributed by atoms with E-state index in [1.54, 1.807) is 17.4 Å². The van der Waals surface area contributed by atoms with E-state index in [4.69, 9.17) is 14.2 Å². The maximum absolute atomic E-state index is 14.3. The molecule has 2 aromatic heterocycles. The van der Waals surface area contributed by atoms with Crippen molar-refractivity contribution in [1.82, 2.24) is 19.6 Å². The molecular formula is C18H18FN5O4. The number of ether oxygens (including phenoxy) is 3.